The first-order chi connectivity index (χ1) is 7.29. The average Bonchev–Trinajstić information content (AvgIpc) is 2.65. The molecule has 4 nitrogen and oxygen atoms in total. The van der Waals surface area contributed by atoms with Crippen LogP contribution in [0.15, 0.2) is 6.20 Å². The largest absolute Gasteiger partial charge is 0.382 e. The van der Waals surface area contributed by atoms with E-state index in [1.807, 2.05) is 6.20 Å². The molecule has 0 aliphatic heterocycles. The van der Waals surface area contributed by atoms with Crippen LogP contribution in [-0.2, 0) is 0 Å². The van der Waals surface area contributed by atoms with Gasteiger partial charge in [0.2, 0.25) is 0 Å². The Hall–Kier alpha value is -1.19. The van der Waals surface area contributed by atoms with Crippen LogP contribution < -0.4 is 10.6 Å². The first kappa shape index (κ1) is 11.9. The summed E-state index contributed by atoms with van der Waals surface area (Å²) >= 11 is 0. The summed E-state index contributed by atoms with van der Waals surface area (Å²) in [7, 11) is 0. The lowest BCUT2D eigenvalue weighted by Gasteiger charge is -2.23. The first-order valence-electron chi connectivity index (χ1n) is 5.83. The quantitative estimate of drug-likeness (QED) is 0.726. The minimum Gasteiger partial charge on any atom is -0.382 e. The number of nitrogens with one attached hydrogen (secondary N) is 1. The molecule has 0 saturated carbocycles. The SMILES string of the molecule is CCCCN(CCCC)c1cn[nH]c1N. The van der Waals surface area contributed by atoms with Gasteiger partial charge in [-0.1, -0.05) is 26.7 Å². The van der Waals surface area contributed by atoms with Gasteiger partial charge in [0.25, 0.3) is 0 Å². The van der Waals surface area contributed by atoms with Gasteiger partial charge in [0.15, 0.2) is 0 Å². The van der Waals surface area contributed by atoms with Gasteiger partial charge < -0.3 is 10.6 Å². The second kappa shape index (κ2) is 6.32. The van der Waals surface area contributed by atoms with Crippen LogP contribution in [0.2, 0.25) is 0 Å². The molecule has 0 fully saturated rings. The zero-order valence-electron chi connectivity index (χ0n) is 9.79. The van der Waals surface area contributed by atoms with Crippen molar-refractivity contribution in [2.45, 2.75) is 39.5 Å². The van der Waals surface area contributed by atoms with E-state index in [1.54, 1.807) is 0 Å². The number of unbranched alkanes of at least 4 members (excludes halogenated alkanes) is 2. The van der Waals surface area contributed by atoms with Crippen molar-refractivity contribution in [1.29, 1.82) is 0 Å². The molecule has 4 heteroatoms. The smallest absolute Gasteiger partial charge is 0.142 e. The molecule has 1 aromatic rings. The van der Waals surface area contributed by atoms with Crippen LogP contribution in [0.1, 0.15) is 39.5 Å². The van der Waals surface area contributed by atoms with E-state index in [9.17, 15) is 0 Å². The van der Waals surface area contributed by atoms with Gasteiger partial charge >= 0.3 is 0 Å². The Morgan fingerprint density at radius 1 is 1.27 bits per heavy atom. The second-order valence-electron chi connectivity index (χ2n) is 3.86. The van der Waals surface area contributed by atoms with Crippen molar-refractivity contribution in [3.63, 3.8) is 0 Å². The maximum atomic E-state index is 5.83. The van der Waals surface area contributed by atoms with Gasteiger partial charge in [-0.3, -0.25) is 5.10 Å². The van der Waals surface area contributed by atoms with Gasteiger partial charge in [-0.2, -0.15) is 5.10 Å². The van der Waals surface area contributed by atoms with E-state index < -0.39 is 0 Å². The number of nitrogens with two attached hydrogens (primary N) is 1. The summed E-state index contributed by atoms with van der Waals surface area (Å²) in [6.07, 6.45) is 6.64. The van der Waals surface area contributed by atoms with Crippen molar-refractivity contribution in [2.75, 3.05) is 23.7 Å². The highest BCUT2D eigenvalue weighted by Crippen LogP contribution is 2.20. The monoisotopic (exact) mass is 210 g/mol. The molecule has 0 atom stereocenters. The van der Waals surface area contributed by atoms with Crippen LogP contribution >= 0.6 is 0 Å². The molecule has 0 saturated heterocycles. The van der Waals surface area contributed by atoms with Gasteiger partial charge in [-0.25, -0.2) is 0 Å². The third kappa shape index (κ3) is 3.46. The summed E-state index contributed by atoms with van der Waals surface area (Å²) in [4.78, 5) is 2.33. The normalized spacial score (nSPS) is 10.5. The number of anilines is 2. The molecule has 0 bridgehead atoms. The molecule has 0 aliphatic carbocycles. The van der Waals surface area contributed by atoms with Crippen molar-refractivity contribution in [3.8, 4) is 0 Å². The van der Waals surface area contributed by atoms with Crippen molar-refractivity contribution in [1.82, 2.24) is 10.2 Å². The fraction of sp³-hybridized carbons (Fsp3) is 0.727. The molecule has 0 aliphatic rings. The van der Waals surface area contributed by atoms with Crippen molar-refractivity contribution in [3.05, 3.63) is 6.20 Å². The summed E-state index contributed by atoms with van der Waals surface area (Å²) in [5.74, 6) is 0.683. The molecule has 15 heavy (non-hydrogen) atoms. The van der Waals surface area contributed by atoms with E-state index in [-0.39, 0.29) is 0 Å². The number of hydrogen-bond acceptors (Lipinski definition) is 3. The lowest BCUT2D eigenvalue weighted by molar-refractivity contribution is 0.679. The van der Waals surface area contributed by atoms with Gasteiger partial charge in [0, 0.05) is 13.1 Å². The Morgan fingerprint density at radius 3 is 2.27 bits per heavy atom. The zero-order valence-corrected chi connectivity index (χ0v) is 9.79. The molecule has 86 valence electrons. The van der Waals surface area contributed by atoms with E-state index in [4.69, 9.17) is 5.73 Å². The van der Waals surface area contributed by atoms with Crippen molar-refractivity contribution in [2.24, 2.45) is 0 Å². The number of aromatic nitrogens is 2. The molecule has 0 spiro atoms. The third-order valence-corrected chi connectivity index (χ3v) is 2.55. The number of aromatic amines is 1. The highest BCUT2D eigenvalue weighted by Gasteiger charge is 2.10. The topological polar surface area (TPSA) is 57.9 Å². The van der Waals surface area contributed by atoms with Gasteiger partial charge in [0.05, 0.1) is 11.9 Å². The lowest BCUT2D eigenvalue weighted by Crippen LogP contribution is -2.25. The van der Waals surface area contributed by atoms with Gasteiger partial charge in [-0.15, -0.1) is 0 Å². The Balaban J connectivity index is 2.58. The third-order valence-electron chi connectivity index (χ3n) is 2.55. The first-order valence-corrected chi connectivity index (χ1v) is 5.83. The average molecular weight is 210 g/mol. The highest BCUT2D eigenvalue weighted by molar-refractivity contribution is 5.61. The fourth-order valence-electron chi connectivity index (χ4n) is 1.59. The maximum Gasteiger partial charge on any atom is 0.142 e. The van der Waals surface area contributed by atoms with Gasteiger partial charge in [-0.05, 0) is 12.8 Å². The van der Waals surface area contributed by atoms with Crippen LogP contribution in [0.25, 0.3) is 0 Å². The number of rotatable bonds is 7. The summed E-state index contributed by atoms with van der Waals surface area (Å²) in [5.41, 5.74) is 6.88. The Labute approximate surface area is 91.8 Å². The molecule has 1 rings (SSSR count). The van der Waals surface area contributed by atoms with Crippen LogP contribution in [0.4, 0.5) is 11.5 Å². The Kier molecular flexibility index (Phi) is 5.01. The standard InChI is InChI=1S/C11H22N4/c1-3-5-7-15(8-6-4-2)10-9-13-14-11(10)12/h9H,3-8H2,1-2H3,(H3,12,13,14). The predicted molar refractivity (Wildman–Crippen MR) is 65.0 cm³/mol. The lowest BCUT2D eigenvalue weighted by atomic mass is 10.2. The van der Waals surface area contributed by atoms with Crippen LogP contribution in [0.3, 0.4) is 0 Å². The van der Waals surface area contributed by atoms with Crippen LogP contribution in [0, 0.1) is 0 Å². The Bertz CT molecular complexity index is 261. The van der Waals surface area contributed by atoms with Crippen molar-refractivity contribution < 1.29 is 0 Å². The van der Waals surface area contributed by atoms with Gasteiger partial charge in [0.1, 0.15) is 5.82 Å². The van der Waals surface area contributed by atoms with Crippen molar-refractivity contribution >= 4 is 11.5 Å². The van der Waals surface area contributed by atoms with E-state index >= 15 is 0 Å². The van der Waals surface area contributed by atoms with E-state index in [2.05, 4.69) is 28.9 Å². The van der Waals surface area contributed by atoms with E-state index in [0.717, 1.165) is 18.8 Å². The Morgan fingerprint density at radius 2 is 1.87 bits per heavy atom. The zero-order chi connectivity index (χ0) is 11.1. The molecule has 0 amide bonds. The molecule has 1 heterocycles. The summed E-state index contributed by atoms with van der Waals surface area (Å²) in [5, 5.41) is 6.76. The highest BCUT2D eigenvalue weighted by atomic mass is 15.2. The molecular weight excluding hydrogens is 188 g/mol. The van der Waals surface area contributed by atoms with Crippen LogP contribution in [0.5, 0.6) is 0 Å². The molecule has 3 N–H and O–H groups in total. The molecule has 1 aromatic heterocycles. The minimum atomic E-state index is 0.683. The number of hydrogen-bond donors (Lipinski definition) is 2. The molecular formula is C11H22N4. The molecule has 0 unspecified atom stereocenters. The summed E-state index contributed by atoms with van der Waals surface area (Å²) in [6.45, 7) is 6.55. The number of nitrogens with zero attached hydrogens (tertiary/aromatic N) is 2. The molecule has 0 radical (unpaired) electrons. The predicted octanol–water partition coefficient (Wildman–Crippen LogP) is 2.40. The van der Waals surface area contributed by atoms with E-state index in [0.29, 0.717) is 5.82 Å². The minimum absolute atomic E-state index is 0.683. The summed E-state index contributed by atoms with van der Waals surface area (Å²) in [6, 6.07) is 0. The second-order valence-corrected chi connectivity index (χ2v) is 3.86. The number of H-pyrrole nitrogens is 1. The molecule has 0 aromatic carbocycles. The van der Waals surface area contributed by atoms with E-state index in [1.165, 1.54) is 25.7 Å². The fourth-order valence-corrected chi connectivity index (χ4v) is 1.59. The maximum absolute atomic E-state index is 5.83. The summed E-state index contributed by atoms with van der Waals surface area (Å²) < 4.78 is 0. The number of nitrogen functional groups attached to an aromatic ring is 1. The van der Waals surface area contributed by atoms with Crippen LogP contribution in [-0.4, -0.2) is 23.3 Å².